The lowest BCUT2D eigenvalue weighted by Gasteiger charge is -2.45. The minimum absolute atomic E-state index is 0.0686. The summed E-state index contributed by atoms with van der Waals surface area (Å²) in [6.07, 6.45) is 0. The number of nitrogens with zero attached hydrogens (tertiary/aromatic N) is 3. The second-order valence-corrected chi connectivity index (χ2v) is 29.8. The van der Waals surface area contributed by atoms with Crippen molar-refractivity contribution in [3.63, 3.8) is 0 Å². The molecule has 3 aromatic heterocycles. The van der Waals surface area contributed by atoms with Crippen molar-refractivity contribution in [3.8, 4) is 28.2 Å². The Morgan fingerprint density at radius 2 is 0.914 bits per heavy atom. The van der Waals surface area contributed by atoms with E-state index in [-0.39, 0.29) is 28.4 Å². The van der Waals surface area contributed by atoms with E-state index in [4.69, 9.17) is 0 Å². The van der Waals surface area contributed by atoms with E-state index < -0.39 is 5.41 Å². The number of hydrogen-bond donors (Lipinski definition) is 0. The number of fused-ring (bicyclic) bond motifs is 18. The van der Waals surface area contributed by atoms with Gasteiger partial charge in [-0.15, -0.1) is 0 Å². The van der Waals surface area contributed by atoms with Gasteiger partial charge in [-0.05, 0) is 165 Å². The van der Waals surface area contributed by atoms with Crippen molar-refractivity contribution in [2.24, 2.45) is 0 Å². The van der Waals surface area contributed by atoms with E-state index in [0.717, 1.165) is 0 Å². The van der Waals surface area contributed by atoms with Crippen LogP contribution in [-0.2, 0) is 27.1 Å². The van der Waals surface area contributed by atoms with Gasteiger partial charge in [0.05, 0.1) is 33.0 Å². The Morgan fingerprint density at radius 3 is 1.49 bits per heavy atom. The highest BCUT2D eigenvalue weighted by atomic mass is 15.1. The molecule has 9 aromatic carbocycles. The Morgan fingerprint density at radius 1 is 0.383 bits per heavy atom. The highest BCUT2D eigenvalue weighted by Gasteiger charge is 2.55. The quantitative estimate of drug-likeness (QED) is 0.157. The average Bonchev–Trinajstić information content (AvgIpc) is 1.67. The van der Waals surface area contributed by atoms with Crippen LogP contribution in [0.5, 0.6) is 0 Å². The summed E-state index contributed by atoms with van der Waals surface area (Å²) in [6, 6.07) is 59.5. The molecule has 4 heteroatoms. The normalized spacial score (nSPS) is 15.0. The molecule has 0 bridgehead atoms. The second kappa shape index (κ2) is 15.5. The van der Waals surface area contributed by atoms with Crippen molar-refractivity contribution in [2.45, 2.75) is 150 Å². The minimum atomic E-state index is -0.641. The number of para-hydroxylation sites is 1. The van der Waals surface area contributed by atoms with Crippen LogP contribution in [0.1, 0.15) is 178 Å². The lowest BCUT2D eigenvalue weighted by Crippen LogP contribution is -2.61. The zero-order valence-electron chi connectivity index (χ0n) is 50.4. The van der Waals surface area contributed by atoms with E-state index in [2.05, 4.69) is 270 Å². The minimum Gasteiger partial charge on any atom is -0.310 e. The molecule has 0 saturated carbocycles. The summed E-state index contributed by atoms with van der Waals surface area (Å²) in [6.45, 7) is 38.2. The van der Waals surface area contributed by atoms with Crippen molar-refractivity contribution in [1.29, 1.82) is 0 Å². The van der Waals surface area contributed by atoms with Crippen LogP contribution in [0.4, 0.5) is 0 Å². The van der Waals surface area contributed by atoms with Gasteiger partial charge in [0.2, 0.25) is 0 Å². The van der Waals surface area contributed by atoms with E-state index in [0.29, 0.717) is 11.8 Å². The molecule has 3 aliphatic heterocycles. The molecule has 16 rings (SSSR count). The maximum absolute atomic E-state index is 2.83. The van der Waals surface area contributed by atoms with Crippen LogP contribution in [0.3, 0.4) is 0 Å². The molecule has 0 fully saturated rings. The molecule has 0 radical (unpaired) electrons. The smallest absolute Gasteiger partial charge is 0.253 e. The molecule has 4 aliphatic rings. The zero-order chi connectivity index (χ0) is 56.3. The Bertz CT molecular complexity index is 4780. The summed E-state index contributed by atoms with van der Waals surface area (Å²) in [7, 11) is 0. The first-order valence-corrected chi connectivity index (χ1v) is 30.2. The monoisotopic (exact) mass is 1050 g/mol. The lowest BCUT2D eigenvalue weighted by atomic mass is 9.33. The van der Waals surface area contributed by atoms with Crippen molar-refractivity contribution in [2.75, 3.05) is 0 Å². The molecule has 3 nitrogen and oxygen atoms in total. The molecule has 6 heterocycles. The van der Waals surface area contributed by atoms with Crippen LogP contribution in [0.2, 0.25) is 0 Å². The van der Waals surface area contributed by atoms with E-state index >= 15 is 0 Å². The summed E-state index contributed by atoms with van der Waals surface area (Å²) in [5, 5.41) is 8.04. The number of aromatic nitrogens is 3. The largest absolute Gasteiger partial charge is 0.310 e. The fourth-order valence-electron chi connectivity index (χ4n) is 15.8. The Balaban J connectivity index is 1.20. The van der Waals surface area contributed by atoms with Gasteiger partial charge in [-0.2, -0.15) is 0 Å². The molecule has 81 heavy (non-hydrogen) atoms. The van der Waals surface area contributed by atoms with Gasteiger partial charge in [-0.1, -0.05) is 208 Å². The molecule has 0 N–H and O–H groups in total. The van der Waals surface area contributed by atoms with Crippen molar-refractivity contribution in [3.05, 3.63) is 201 Å². The maximum Gasteiger partial charge on any atom is 0.253 e. The number of hydrogen-bond acceptors (Lipinski definition) is 0. The molecule has 12 aromatic rings. The molecular weight excluding hydrogens is 978 g/mol. The van der Waals surface area contributed by atoms with Gasteiger partial charge in [-0.3, -0.25) is 0 Å². The van der Waals surface area contributed by atoms with Crippen molar-refractivity contribution >= 4 is 88.5 Å². The lowest BCUT2D eigenvalue weighted by molar-refractivity contribution is 0.583. The average molecular weight is 1050 g/mol. The van der Waals surface area contributed by atoms with E-state index in [1.54, 1.807) is 0 Å². The molecule has 0 unspecified atom stereocenters. The standard InChI is InChI=1S/C77H74BN3/c1-41(2)43-22-26-52-56-40-65-66(53-27-23-44(42(3)4)33-64(53)79(65)49-20-18-17-19-21-49)68-71(56)80(63(52)32-43)62-31-30-57-72-67(62)78(68)61-39-48(76(14,15)16)35-55-54-34-47(75(11,12)13)38-60(69(54)81(72)70(55)61)77(57)58-36-45(73(5,6)7)24-28-50(58)51-29-25-46(37-59(51)77)74(8,9)10/h17-42H,1-16H3. The first-order valence-electron chi connectivity index (χ1n) is 30.2. The topological polar surface area (TPSA) is 14.8 Å². The summed E-state index contributed by atoms with van der Waals surface area (Å²) in [5.41, 5.74) is 31.6. The Hall–Kier alpha value is -7.56. The third-order valence-corrected chi connectivity index (χ3v) is 20.2. The Kier molecular flexibility index (Phi) is 9.43. The molecule has 1 spiro atoms. The van der Waals surface area contributed by atoms with Crippen molar-refractivity contribution < 1.29 is 0 Å². The molecule has 0 saturated heterocycles. The van der Waals surface area contributed by atoms with Crippen LogP contribution in [-0.4, -0.2) is 20.4 Å². The van der Waals surface area contributed by atoms with Gasteiger partial charge in [0.15, 0.2) is 0 Å². The highest BCUT2D eigenvalue weighted by molar-refractivity contribution is 7.02. The van der Waals surface area contributed by atoms with E-state index in [1.807, 2.05) is 0 Å². The van der Waals surface area contributed by atoms with Gasteiger partial charge >= 0.3 is 0 Å². The van der Waals surface area contributed by atoms with Crippen LogP contribution >= 0.6 is 0 Å². The van der Waals surface area contributed by atoms with Crippen LogP contribution in [0.25, 0.3) is 93.6 Å². The fraction of sp³-hybridized carbons (Fsp3) is 0.299. The Labute approximate surface area is 478 Å². The van der Waals surface area contributed by atoms with Gasteiger partial charge in [-0.25, -0.2) is 0 Å². The van der Waals surface area contributed by atoms with Crippen LogP contribution in [0.15, 0.2) is 146 Å². The molecule has 1 aliphatic carbocycles. The summed E-state index contributed by atoms with van der Waals surface area (Å²) in [4.78, 5) is 0. The zero-order valence-corrected chi connectivity index (χ0v) is 50.4. The van der Waals surface area contributed by atoms with Crippen LogP contribution < -0.4 is 16.4 Å². The number of rotatable bonds is 3. The first-order chi connectivity index (χ1) is 38.4. The molecule has 400 valence electrons. The van der Waals surface area contributed by atoms with Gasteiger partial charge in [0.25, 0.3) is 6.71 Å². The van der Waals surface area contributed by atoms with Gasteiger partial charge in [0.1, 0.15) is 0 Å². The van der Waals surface area contributed by atoms with Gasteiger partial charge in [0, 0.05) is 54.9 Å². The summed E-state index contributed by atoms with van der Waals surface area (Å²) >= 11 is 0. The van der Waals surface area contributed by atoms with Crippen LogP contribution in [0, 0.1) is 0 Å². The molecule has 0 atom stereocenters. The third kappa shape index (κ3) is 6.17. The first kappa shape index (κ1) is 49.3. The predicted octanol–water partition coefficient (Wildman–Crippen LogP) is 18.2. The maximum atomic E-state index is 2.83. The second-order valence-electron chi connectivity index (χ2n) is 29.8. The predicted molar refractivity (Wildman–Crippen MR) is 348 cm³/mol. The van der Waals surface area contributed by atoms with E-state index in [9.17, 15) is 0 Å². The SMILES string of the molecule is CC(C)c1ccc2c3c4c5c(cc3n(-c3ccccc3)c2c1)c1ccc(C(C)C)cc1n5-c1ccc2c3c1B4c1cc(C(C)(C)C)cc4c5cc(C(C)(C)C)cc(c5n-3c14)C21c2cc(C(C)(C)C)ccc2-c2ccc(C(C)(C)C)cc21. The van der Waals surface area contributed by atoms with E-state index in [1.165, 1.54) is 166 Å². The summed E-state index contributed by atoms with van der Waals surface area (Å²) in [5.74, 6) is 0.751. The fourth-order valence-corrected chi connectivity index (χ4v) is 15.8. The third-order valence-electron chi connectivity index (χ3n) is 20.2. The number of benzene rings is 9. The summed E-state index contributed by atoms with van der Waals surface area (Å²) < 4.78 is 8.19. The van der Waals surface area contributed by atoms with Crippen molar-refractivity contribution in [1.82, 2.24) is 13.7 Å². The van der Waals surface area contributed by atoms with Gasteiger partial charge < -0.3 is 13.7 Å². The molecule has 0 amide bonds. The molecular formula is C77H74BN3. The highest BCUT2D eigenvalue weighted by Crippen LogP contribution is 2.63.